The van der Waals surface area contributed by atoms with Crippen molar-refractivity contribution in [3.05, 3.63) is 35.0 Å². The molecule has 4 unspecified atom stereocenters. The van der Waals surface area contributed by atoms with Crippen LogP contribution in [-0.4, -0.2) is 56.1 Å². The molecular formula is C26H33FN4O3S2. The van der Waals surface area contributed by atoms with Crippen molar-refractivity contribution in [3.8, 4) is 16.5 Å². The van der Waals surface area contributed by atoms with Gasteiger partial charge in [0.1, 0.15) is 12.2 Å². The summed E-state index contributed by atoms with van der Waals surface area (Å²) in [5, 5.41) is 13.1. The number of thiazole rings is 1. The molecule has 2 aromatic rings. The molecule has 2 heterocycles. The number of nitrogens with one attached hydrogen (secondary N) is 1. The van der Waals surface area contributed by atoms with E-state index in [1.165, 1.54) is 0 Å². The predicted molar refractivity (Wildman–Crippen MR) is 141 cm³/mol. The minimum Gasteiger partial charge on any atom is -0.369 e. The second kappa shape index (κ2) is 10.9. The number of hydrogen-bond donors (Lipinski definition) is 1. The molecule has 0 spiro atoms. The molecule has 194 valence electrons. The monoisotopic (exact) mass is 532 g/mol. The number of hydrogen-bond acceptors (Lipinski definition) is 7. The van der Waals surface area contributed by atoms with E-state index in [-0.39, 0.29) is 35.7 Å². The number of carbonyl (C=O) groups is 1. The highest BCUT2D eigenvalue weighted by molar-refractivity contribution is 7.91. The minimum absolute atomic E-state index is 0.0437. The first-order valence-corrected chi connectivity index (χ1v) is 15.1. The molecule has 7 nitrogen and oxygen atoms in total. The number of benzene rings is 1. The van der Waals surface area contributed by atoms with Crippen LogP contribution in [0.3, 0.4) is 0 Å². The highest BCUT2D eigenvalue weighted by Gasteiger charge is 2.39. The standard InChI is InChI=1S/C26H33FN4O3S2/c1-16(2)23(15-28)30-26(32)22-14-19(27)6-9-21(22)24-25(35-17(3)29-24)18-4-7-20(8-5-18)31-10-12-36(33,34)13-11-31/h4-5,7-8,16,19,21-23H,6,9-14H2,1-3H3,(H,30,32). The van der Waals surface area contributed by atoms with Crippen molar-refractivity contribution < 1.29 is 17.6 Å². The summed E-state index contributed by atoms with van der Waals surface area (Å²) in [5.41, 5.74) is 2.77. The fourth-order valence-corrected chi connectivity index (χ4v) is 7.24. The Labute approximate surface area is 216 Å². The number of carbonyl (C=O) groups excluding carboxylic acids is 1. The van der Waals surface area contributed by atoms with E-state index in [0.29, 0.717) is 25.9 Å². The molecule has 1 saturated carbocycles. The Hall–Kier alpha value is -2.51. The van der Waals surface area contributed by atoms with Gasteiger partial charge in [-0.05, 0) is 49.8 Å². The molecule has 0 bridgehead atoms. The van der Waals surface area contributed by atoms with E-state index < -0.39 is 28.0 Å². The molecule has 2 fully saturated rings. The number of alkyl halides is 1. The zero-order chi connectivity index (χ0) is 26.0. The number of sulfone groups is 1. The van der Waals surface area contributed by atoms with Gasteiger partial charge in [-0.25, -0.2) is 17.8 Å². The van der Waals surface area contributed by atoms with Crippen LogP contribution in [0.1, 0.15) is 49.7 Å². The molecule has 1 aliphatic heterocycles. The van der Waals surface area contributed by atoms with Crippen LogP contribution in [0, 0.1) is 30.1 Å². The smallest absolute Gasteiger partial charge is 0.224 e. The normalized spacial score (nSPS) is 24.8. The Balaban J connectivity index is 1.59. The Morgan fingerprint density at radius 3 is 2.50 bits per heavy atom. The Kier molecular flexibility index (Phi) is 8.00. The first-order chi connectivity index (χ1) is 17.1. The molecule has 1 aromatic carbocycles. The molecule has 36 heavy (non-hydrogen) atoms. The third-order valence-electron chi connectivity index (χ3n) is 7.18. The summed E-state index contributed by atoms with van der Waals surface area (Å²) in [4.78, 5) is 21.1. The van der Waals surface area contributed by atoms with Crippen molar-refractivity contribution in [1.29, 1.82) is 5.26 Å². The summed E-state index contributed by atoms with van der Waals surface area (Å²) in [6.07, 6.45) is -0.0196. The van der Waals surface area contributed by atoms with Crippen molar-refractivity contribution in [3.63, 3.8) is 0 Å². The molecule has 0 radical (unpaired) electrons. The van der Waals surface area contributed by atoms with E-state index >= 15 is 0 Å². The van der Waals surface area contributed by atoms with Gasteiger partial charge in [0.2, 0.25) is 5.91 Å². The van der Waals surface area contributed by atoms with Crippen LogP contribution in [0.2, 0.25) is 0 Å². The summed E-state index contributed by atoms with van der Waals surface area (Å²) in [6.45, 7) is 6.64. The van der Waals surface area contributed by atoms with E-state index in [1.54, 1.807) is 11.3 Å². The van der Waals surface area contributed by atoms with Gasteiger partial charge in [-0.1, -0.05) is 26.0 Å². The SMILES string of the molecule is Cc1nc(C2CCC(F)CC2C(=O)NC(C#N)C(C)C)c(-c2ccc(N3CCS(=O)(=O)CC3)cc2)s1. The highest BCUT2D eigenvalue weighted by atomic mass is 32.2. The van der Waals surface area contributed by atoms with Crippen molar-refractivity contribution >= 4 is 32.8 Å². The van der Waals surface area contributed by atoms with Gasteiger partial charge >= 0.3 is 0 Å². The second-order valence-electron chi connectivity index (χ2n) is 10.1. The molecule has 1 saturated heterocycles. The maximum absolute atomic E-state index is 14.5. The van der Waals surface area contributed by atoms with Crippen LogP contribution in [0.15, 0.2) is 24.3 Å². The fraction of sp³-hybridized carbons (Fsp3) is 0.577. The largest absolute Gasteiger partial charge is 0.369 e. The van der Waals surface area contributed by atoms with Crippen molar-refractivity contribution in [2.75, 3.05) is 29.5 Å². The van der Waals surface area contributed by atoms with Gasteiger partial charge in [0.15, 0.2) is 9.84 Å². The van der Waals surface area contributed by atoms with Crippen LogP contribution in [0.5, 0.6) is 0 Å². The summed E-state index contributed by atoms with van der Waals surface area (Å²) < 4.78 is 38.0. The maximum Gasteiger partial charge on any atom is 0.224 e. The van der Waals surface area contributed by atoms with Crippen LogP contribution < -0.4 is 10.2 Å². The Morgan fingerprint density at radius 1 is 1.22 bits per heavy atom. The average molecular weight is 533 g/mol. The van der Waals surface area contributed by atoms with Crippen molar-refractivity contribution in [1.82, 2.24) is 10.3 Å². The van der Waals surface area contributed by atoms with Gasteiger partial charge in [-0.3, -0.25) is 4.79 Å². The first kappa shape index (κ1) is 26.6. The topological polar surface area (TPSA) is 103 Å². The number of nitriles is 1. The predicted octanol–water partition coefficient (Wildman–Crippen LogP) is 4.24. The number of rotatable bonds is 6. The molecule has 4 atom stereocenters. The lowest BCUT2D eigenvalue weighted by Gasteiger charge is -2.33. The summed E-state index contributed by atoms with van der Waals surface area (Å²) >= 11 is 1.56. The van der Waals surface area contributed by atoms with Gasteiger partial charge < -0.3 is 10.2 Å². The number of halogens is 1. The minimum atomic E-state index is -2.95. The fourth-order valence-electron chi connectivity index (χ4n) is 5.04. The lowest BCUT2D eigenvalue weighted by molar-refractivity contribution is -0.128. The van der Waals surface area contributed by atoms with Gasteiger partial charge in [-0.15, -0.1) is 11.3 Å². The third kappa shape index (κ3) is 5.89. The van der Waals surface area contributed by atoms with Crippen LogP contribution in [0.4, 0.5) is 10.1 Å². The first-order valence-electron chi connectivity index (χ1n) is 12.4. The zero-order valence-corrected chi connectivity index (χ0v) is 22.5. The number of aryl methyl sites for hydroxylation is 1. The Bertz CT molecular complexity index is 1220. The lowest BCUT2D eigenvalue weighted by atomic mass is 9.75. The highest BCUT2D eigenvalue weighted by Crippen LogP contribution is 2.44. The summed E-state index contributed by atoms with van der Waals surface area (Å²) in [5.74, 6) is -0.810. The van der Waals surface area contributed by atoms with Crippen LogP contribution >= 0.6 is 11.3 Å². The van der Waals surface area contributed by atoms with Gasteiger partial charge in [0.05, 0.1) is 33.2 Å². The molecule has 1 aromatic heterocycles. The van der Waals surface area contributed by atoms with E-state index in [0.717, 1.165) is 26.8 Å². The molecular weight excluding hydrogens is 499 g/mol. The van der Waals surface area contributed by atoms with E-state index in [2.05, 4.69) is 16.3 Å². The second-order valence-corrected chi connectivity index (χ2v) is 13.6. The van der Waals surface area contributed by atoms with Crippen molar-refractivity contribution in [2.45, 2.75) is 58.2 Å². The molecule has 1 aliphatic carbocycles. The molecule has 2 aliphatic rings. The molecule has 10 heteroatoms. The zero-order valence-electron chi connectivity index (χ0n) is 20.9. The summed E-state index contributed by atoms with van der Waals surface area (Å²) in [6, 6.07) is 9.53. The third-order valence-corrected chi connectivity index (χ3v) is 9.82. The van der Waals surface area contributed by atoms with Crippen LogP contribution in [0.25, 0.3) is 10.4 Å². The average Bonchev–Trinajstić information content (AvgIpc) is 3.23. The Morgan fingerprint density at radius 2 is 1.89 bits per heavy atom. The number of anilines is 1. The lowest BCUT2D eigenvalue weighted by Crippen LogP contribution is -2.44. The molecule has 4 rings (SSSR count). The number of nitrogens with zero attached hydrogens (tertiary/aromatic N) is 3. The van der Waals surface area contributed by atoms with Crippen LogP contribution in [-0.2, 0) is 14.6 Å². The molecule has 1 amide bonds. The molecule has 1 N–H and O–H groups in total. The quantitative estimate of drug-likeness (QED) is 0.597. The number of aromatic nitrogens is 1. The van der Waals surface area contributed by atoms with E-state index in [4.69, 9.17) is 4.98 Å². The summed E-state index contributed by atoms with van der Waals surface area (Å²) in [7, 11) is -2.95. The number of amides is 1. The van der Waals surface area contributed by atoms with Gasteiger partial charge in [0, 0.05) is 30.6 Å². The maximum atomic E-state index is 14.5. The van der Waals surface area contributed by atoms with Gasteiger partial charge in [-0.2, -0.15) is 5.26 Å². The van der Waals surface area contributed by atoms with Gasteiger partial charge in [0.25, 0.3) is 0 Å². The van der Waals surface area contributed by atoms with E-state index in [9.17, 15) is 22.9 Å². The van der Waals surface area contributed by atoms with Crippen molar-refractivity contribution in [2.24, 2.45) is 11.8 Å². The van der Waals surface area contributed by atoms with E-state index in [1.807, 2.05) is 45.0 Å².